The van der Waals surface area contributed by atoms with Crippen LogP contribution in [0.15, 0.2) is 23.1 Å². The minimum Gasteiger partial charge on any atom is -0.0936 e. The molecule has 0 N–H and O–H groups in total. The Morgan fingerprint density at radius 2 is 1.60 bits per heavy atom. The van der Waals surface area contributed by atoms with E-state index in [-0.39, 0.29) is 16.5 Å². The number of hydrogen-bond acceptors (Lipinski definition) is 0. The molecule has 0 heterocycles. The molecule has 0 nitrogen and oxygen atoms in total. The van der Waals surface area contributed by atoms with Gasteiger partial charge in [-0.3, -0.25) is 0 Å². The van der Waals surface area contributed by atoms with Crippen molar-refractivity contribution in [2.24, 2.45) is 0 Å². The molecule has 0 atom stereocenters. The van der Waals surface area contributed by atoms with Gasteiger partial charge in [-0.15, -0.1) is 0 Å². The summed E-state index contributed by atoms with van der Waals surface area (Å²) in [6.07, 6.45) is 0. The maximum Gasteiger partial charge on any atom is 0.310 e. The second kappa shape index (κ2) is 2.88. The zero-order valence-electron chi connectivity index (χ0n) is 7.62. The molecule has 15 heavy (non-hydrogen) atoms. The Bertz CT molecular complexity index is 396. The fourth-order valence-corrected chi connectivity index (χ4v) is 2.23. The maximum atomic E-state index is 12.4. The molecule has 0 unspecified atom stereocenters. The first-order valence-corrected chi connectivity index (χ1v) is 6.90. The van der Waals surface area contributed by atoms with Crippen LogP contribution in [0.3, 0.4) is 0 Å². The average molecular weight is 311 g/mol. The molecule has 7 heteroatoms. The van der Waals surface area contributed by atoms with E-state index in [1.54, 1.807) is 0 Å². The molecule has 0 spiro atoms. The molecule has 0 aromatic heterocycles. The average Bonchev–Trinajstić information content (AvgIpc) is 1.99. The molecule has 0 saturated carbocycles. The summed E-state index contributed by atoms with van der Waals surface area (Å²) in [7, 11) is -9.54. The lowest BCUT2D eigenvalue weighted by molar-refractivity contribution is 0.363. The van der Waals surface area contributed by atoms with Crippen LogP contribution < -0.4 is 0 Å². The van der Waals surface area contributed by atoms with E-state index < -0.39 is 15.1 Å². The quantitative estimate of drug-likeness (QED) is 0.496. The SMILES string of the molecule is Cc1cc(CBr)cc(S(F)(F)(F)(F)F)c1. The molecular weight excluding hydrogens is 303 g/mol. The van der Waals surface area contributed by atoms with Crippen LogP contribution in [-0.4, -0.2) is 0 Å². The number of benzene rings is 1. The van der Waals surface area contributed by atoms with Crippen LogP contribution in [0.2, 0.25) is 0 Å². The van der Waals surface area contributed by atoms with Crippen LogP contribution in [-0.2, 0) is 5.33 Å². The van der Waals surface area contributed by atoms with E-state index in [0.717, 1.165) is 0 Å². The third kappa shape index (κ3) is 3.34. The minimum absolute atomic E-state index is 0.107. The summed E-state index contributed by atoms with van der Waals surface area (Å²) >= 11 is 2.93. The van der Waals surface area contributed by atoms with Crippen LogP contribution in [0.25, 0.3) is 0 Å². The summed E-state index contributed by atoms with van der Waals surface area (Å²) in [5.41, 5.74) is 0.341. The lowest BCUT2D eigenvalue weighted by Gasteiger charge is -2.40. The summed E-state index contributed by atoms with van der Waals surface area (Å²) in [4.78, 5) is -1.83. The van der Waals surface area contributed by atoms with Gasteiger partial charge >= 0.3 is 10.2 Å². The topological polar surface area (TPSA) is 0 Å². The Hall–Kier alpha value is -0.300. The second-order valence-electron chi connectivity index (χ2n) is 3.26. The molecule has 1 rings (SSSR count). The Morgan fingerprint density at radius 1 is 1.07 bits per heavy atom. The number of hydrogen-bond donors (Lipinski definition) is 0. The minimum atomic E-state index is -9.54. The van der Waals surface area contributed by atoms with Gasteiger partial charge in [0, 0.05) is 5.33 Å². The molecule has 1 aromatic carbocycles. The highest BCUT2D eigenvalue weighted by atomic mass is 79.9. The molecule has 0 fully saturated rings. The highest BCUT2D eigenvalue weighted by molar-refractivity contribution is 9.08. The van der Waals surface area contributed by atoms with Crippen molar-refractivity contribution in [1.29, 1.82) is 0 Å². The largest absolute Gasteiger partial charge is 0.310 e. The van der Waals surface area contributed by atoms with E-state index in [4.69, 9.17) is 0 Å². The molecule has 0 aliphatic heterocycles. The van der Waals surface area contributed by atoms with Crippen molar-refractivity contribution < 1.29 is 19.4 Å². The van der Waals surface area contributed by atoms with Gasteiger partial charge in [0.1, 0.15) is 4.90 Å². The zero-order chi connectivity index (χ0) is 12.0. The zero-order valence-corrected chi connectivity index (χ0v) is 10.0. The Balaban J connectivity index is 3.47. The van der Waals surface area contributed by atoms with Gasteiger partial charge in [-0.25, -0.2) is 0 Å². The Labute approximate surface area is 92.3 Å². The van der Waals surface area contributed by atoms with Gasteiger partial charge < -0.3 is 0 Å². The standard InChI is InChI=1S/C8H8BrF5S/c1-6-2-7(5-9)4-8(3-6)15(10,11,12,13)14/h2-4H,5H2,1H3. The van der Waals surface area contributed by atoms with Crippen molar-refractivity contribution in [3.63, 3.8) is 0 Å². The van der Waals surface area contributed by atoms with Gasteiger partial charge in [0.25, 0.3) is 0 Å². The molecule has 88 valence electrons. The van der Waals surface area contributed by atoms with E-state index in [9.17, 15) is 19.4 Å². The summed E-state index contributed by atoms with van der Waals surface area (Å²) < 4.78 is 62.1. The normalized spacial score (nSPS) is 17.0. The first-order valence-electron chi connectivity index (χ1n) is 3.83. The van der Waals surface area contributed by atoms with Crippen LogP contribution >= 0.6 is 26.2 Å². The predicted octanol–water partition coefficient (Wildman–Crippen LogP) is 5.55. The first kappa shape index (κ1) is 12.8. The highest BCUT2D eigenvalue weighted by Crippen LogP contribution is 3.02. The second-order valence-corrected chi connectivity index (χ2v) is 6.23. The van der Waals surface area contributed by atoms with Gasteiger partial charge in [0.05, 0.1) is 0 Å². The highest BCUT2D eigenvalue weighted by Gasteiger charge is 2.65. The van der Waals surface area contributed by atoms with Gasteiger partial charge in [-0.05, 0) is 30.2 Å². The lowest BCUT2D eigenvalue weighted by Crippen LogP contribution is -2.06. The van der Waals surface area contributed by atoms with Crippen molar-refractivity contribution in [3.05, 3.63) is 29.3 Å². The van der Waals surface area contributed by atoms with E-state index >= 15 is 0 Å². The number of halogens is 6. The van der Waals surface area contributed by atoms with Crippen molar-refractivity contribution in [1.82, 2.24) is 0 Å². The van der Waals surface area contributed by atoms with E-state index in [1.807, 2.05) is 0 Å². The molecular formula is C8H8BrF5S. The summed E-state index contributed by atoms with van der Waals surface area (Å²) in [5, 5.41) is 0.107. The van der Waals surface area contributed by atoms with Gasteiger partial charge in [0.15, 0.2) is 0 Å². The number of rotatable bonds is 2. The van der Waals surface area contributed by atoms with E-state index in [2.05, 4.69) is 15.9 Å². The van der Waals surface area contributed by atoms with Crippen LogP contribution in [0, 0.1) is 6.92 Å². The van der Waals surface area contributed by atoms with Crippen LogP contribution in [0.5, 0.6) is 0 Å². The van der Waals surface area contributed by atoms with Crippen molar-refractivity contribution in [2.45, 2.75) is 17.1 Å². The summed E-state index contributed by atoms with van der Waals surface area (Å²) in [6.45, 7) is 1.35. The smallest absolute Gasteiger partial charge is 0.0936 e. The fourth-order valence-electron chi connectivity index (χ4n) is 1.12. The molecule has 0 aliphatic rings. The summed E-state index contributed by atoms with van der Waals surface area (Å²) in [6, 6.07) is 2.36. The third-order valence-electron chi connectivity index (χ3n) is 1.71. The lowest BCUT2D eigenvalue weighted by atomic mass is 10.2. The Kier molecular flexibility index (Phi) is 2.45. The van der Waals surface area contributed by atoms with Gasteiger partial charge in [0.2, 0.25) is 0 Å². The molecule has 0 bridgehead atoms. The van der Waals surface area contributed by atoms with Crippen molar-refractivity contribution in [3.8, 4) is 0 Å². The first-order chi connectivity index (χ1) is 6.42. The molecule has 0 aliphatic carbocycles. The monoisotopic (exact) mass is 310 g/mol. The van der Waals surface area contributed by atoms with Crippen molar-refractivity contribution >= 4 is 26.2 Å². The predicted molar refractivity (Wildman–Crippen MR) is 55.2 cm³/mol. The third-order valence-corrected chi connectivity index (χ3v) is 3.48. The fraction of sp³-hybridized carbons (Fsp3) is 0.250. The van der Waals surface area contributed by atoms with Crippen LogP contribution in [0.4, 0.5) is 19.4 Å². The molecule has 0 amide bonds. The van der Waals surface area contributed by atoms with Gasteiger partial charge in [-0.2, -0.15) is 0 Å². The Morgan fingerprint density at radius 3 is 2.00 bits per heavy atom. The molecule has 0 saturated heterocycles. The number of alkyl halides is 1. The van der Waals surface area contributed by atoms with Crippen LogP contribution in [0.1, 0.15) is 11.1 Å². The van der Waals surface area contributed by atoms with Crippen molar-refractivity contribution in [2.75, 3.05) is 0 Å². The number of aryl methyl sites for hydroxylation is 1. The van der Waals surface area contributed by atoms with Gasteiger partial charge in [-0.1, -0.05) is 41.4 Å². The molecule has 0 radical (unpaired) electrons. The van der Waals surface area contributed by atoms with E-state index in [1.165, 1.54) is 13.0 Å². The van der Waals surface area contributed by atoms with E-state index in [0.29, 0.717) is 12.1 Å². The molecule has 1 aromatic rings. The maximum absolute atomic E-state index is 12.4. The summed E-state index contributed by atoms with van der Waals surface area (Å²) in [5.74, 6) is 0.